The number of methoxy groups -OCH3 is 1. The van der Waals surface area contributed by atoms with Crippen molar-refractivity contribution in [2.24, 2.45) is 0 Å². The first-order valence-electron chi connectivity index (χ1n) is 9.34. The number of nitrogens with zero attached hydrogens (tertiary/aromatic N) is 1. The number of para-hydroxylation sites is 1. The Labute approximate surface area is 158 Å². The molecule has 1 saturated carbocycles. The second-order valence-electron chi connectivity index (χ2n) is 6.88. The minimum Gasteiger partial charge on any atom is -0.497 e. The molecule has 0 aliphatic heterocycles. The van der Waals surface area contributed by atoms with E-state index >= 15 is 0 Å². The van der Waals surface area contributed by atoms with Crippen LogP contribution in [0.15, 0.2) is 54.6 Å². The Morgan fingerprint density at radius 2 is 1.81 bits per heavy atom. The summed E-state index contributed by atoms with van der Waals surface area (Å²) in [5.74, 6) is 1.41. The van der Waals surface area contributed by atoms with Crippen LogP contribution in [0.1, 0.15) is 36.0 Å². The summed E-state index contributed by atoms with van der Waals surface area (Å²) in [6.45, 7) is 0. The van der Waals surface area contributed by atoms with Gasteiger partial charge in [0.25, 0.3) is 5.91 Å². The topological polar surface area (TPSA) is 63.2 Å². The zero-order chi connectivity index (χ0) is 18.6. The summed E-state index contributed by atoms with van der Waals surface area (Å²) in [5.41, 5.74) is 2.34. The number of benzene rings is 2. The van der Waals surface area contributed by atoms with Crippen LogP contribution in [0.3, 0.4) is 0 Å². The van der Waals surface area contributed by atoms with Gasteiger partial charge < -0.3 is 15.4 Å². The summed E-state index contributed by atoms with van der Waals surface area (Å²) in [6, 6.07) is 17.5. The number of pyridine rings is 1. The summed E-state index contributed by atoms with van der Waals surface area (Å²) >= 11 is 0. The second kappa shape index (κ2) is 7.66. The molecule has 0 spiro atoms. The molecule has 0 saturated heterocycles. The maximum Gasteiger partial charge on any atom is 0.252 e. The molecule has 2 aromatic carbocycles. The number of ether oxygens (including phenoxy) is 1. The molecule has 3 aromatic rings. The molecule has 1 aliphatic carbocycles. The Kier molecular flexibility index (Phi) is 4.92. The lowest BCUT2D eigenvalue weighted by Gasteiger charge is -2.15. The van der Waals surface area contributed by atoms with Gasteiger partial charge in [0.15, 0.2) is 0 Å². The second-order valence-corrected chi connectivity index (χ2v) is 6.88. The van der Waals surface area contributed by atoms with Crippen molar-refractivity contribution in [2.45, 2.75) is 31.7 Å². The van der Waals surface area contributed by atoms with Gasteiger partial charge in [-0.25, -0.2) is 4.98 Å². The fraction of sp³-hybridized carbons (Fsp3) is 0.273. The molecular weight excluding hydrogens is 338 g/mol. The maximum atomic E-state index is 12.9. The van der Waals surface area contributed by atoms with E-state index in [1.807, 2.05) is 54.6 Å². The van der Waals surface area contributed by atoms with Crippen molar-refractivity contribution < 1.29 is 9.53 Å². The Balaban J connectivity index is 1.65. The quantitative estimate of drug-likeness (QED) is 0.694. The number of hydrogen-bond donors (Lipinski definition) is 2. The van der Waals surface area contributed by atoms with Gasteiger partial charge in [0.2, 0.25) is 0 Å². The van der Waals surface area contributed by atoms with E-state index in [0.717, 1.165) is 35.2 Å². The average Bonchev–Trinajstić information content (AvgIpc) is 3.21. The Bertz CT molecular complexity index is 947. The molecule has 4 rings (SSSR count). The predicted molar refractivity (Wildman–Crippen MR) is 108 cm³/mol. The summed E-state index contributed by atoms with van der Waals surface area (Å²) in [6.07, 6.45) is 4.50. The average molecular weight is 361 g/mol. The van der Waals surface area contributed by atoms with Crippen LogP contribution in [0.2, 0.25) is 0 Å². The van der Waals surface area contributed by atoms with E-state index in [-0.39, 0.29) is 11.9 Å². The number of hydrogen-bond acceptors (Lipinski definition) is 4. The van der Waals surface area contributed by atoms with Crippen LogP contribution in [-0.2, 0) is 0 Å². The third-order valence-electron chi connectivity index (χ3n) is 5.01. The molecule has 1 aromatic heterocycles. The Morgan fingerprint density at radius 3 is 2.56 bits per heavy atom. The molecule has 0 radical (unpaired) electrons. The molecular formula is C22H23N3O2. The van der Waals surface area contributed by atoms with Crippen molar-refractivity contribution in [1.29, 1.82) is 0 Å². The van der Waals surface area contributed by atoms with Crippen LogP contribution < -0.4 is 15.4 Å². The van der Waals surface area contributed by atoms with Gasteiger partial charge in [0.1, 0.15) is 11.6 Å². The van der Waals surface area contributed by atoms with Crippen molar-refractivity contribution in [3.8, 4) is 5.75 Å². The first-order chi connectivity index (χ1) is 13.2. The standard InChI is InChI=1S/C22H23N3O2/c1-27-17-12-10-16(11-13-17)23-21-14-19(18-8-4-5-9-20(18)25-21)22(26)24-15-6-2-3-7-15/h4-5,8-15H,2-3,6-7H2,1H3,(H,23,25)(H,24,26). The van der Waals surface area contributed by atoms with Gasteiger partial charge in [-0.15, -0.1) is 0 Å². The summed E-state index contributed by atoms with van der Waals surface area (Å²) in [5, 5.41) is 7.34. The minimum atomic E-state index is -0.0294. The molecule has 1 heterocycles. The fourth-order valence-corrected chi connectivity index (χ4v) is 3.58. The van der Waals surface area contributed by atoms with Gasteiger partial charge in [-0.05, 0) is 49.2 Å². The highest BCUT2D eigenvalue weighted by atomic mass is 16.5. The summed E-state index contributed by atoms with van der Waals surface area (Å²) in [7, 11) is 1.64. The monoisotopic (exact) mass is 361 g/mol. The van der Waals surface area contributed by atoms with E-state index in [1.54, 1.807) is 7.11 Å². The number of amides is 1. The van der Waals surface area contributed by atoms with Gasteiger partial charge in [0, 0.05) is 17.1 Å². The molecule has 0 unspecified atom stereocenters. The van der Waals surface area contributed by atoms with E-state index in [2.05, 4.69) is 15.6 Å². The molecule has 1 amide bonds. The smallest absolute Gasteiger partial charge is 0.252 e. The van der Waals surface area contributed by atoms with Crippen molar-refractivity contribution in [2.75, 3.05) is 12.4 Å². The lowest BCUT2D eigenvalue weighted by molar-refractivity contribution is 0.0939. The van der Waals surface area contributed by atoms with Gasteiger partial charge in [-0.3, -0.25) is 4.79 Å². The van der Waals surface area contributed by atoms with Gasteiger partial charge >= 0.3 is 0 Å². The van der Waals surface area contributed by atoms with Gasteiger partial charge in [0.05, 0.1) is 18.2 Å². The normalized spacial score (nSPS) is 14.3. The fourth-order valence-electron chi connectivity index (χ4n) is 3.58. The van der Waals surface area contributed by atoms with Crippen LogP contribution in [0.5, 0.6) is 5.75 Å². The lowest BCUT2D eigenvalue weighted by Crippen LogP contribution is -2.32. The molecule has 138 valence electrons. The number of fused-ring (bicyclic) bond motifs is 1. The molecule has 2 N–H and O–H groups in total. The van der Waals surface area contributed by atoms with Crippen molar-refractivity contribution in [1.82, 2.24) is 10.3 Å². The molecule has 1 fully saturated rings. The number of nitrogens with one attached hydrogen (secondary N) is 2. The van der Waals surface area contributed by atoms with Crippen LogP contribution in [0, 0.1) is 0 Å². The number of carbonyl (C=O) groups excluding carboxylic acids is 1. The Morgan fingerprint density at radius 1 is 1.07 bits per heavy atom. The molecule has 5 heteroatoms. The van der Waals surface area contributed by atoms with E-state index in [1.165, 1.54) is 12.8 Å². The highest BCUT2D eigenvalue weighted by Gasteiger charge is 2.20. The molecule has 5 nitrogen and oxygen atoms in total. The number of aromatic nitrogens is 1. The first kappa shape index (κ1) is 17.3. The maximum absolute atomic E-state index is 12.9. The largest absolute Gasteiger partial charge is 0.497 e. The van der Waals surface area contributed by atoms with Crippen LogP contribution in [-0.4, -0.2) is 24.0 Å². The predicted octanol–water partition coefficient (Wildman–Crippen LogP) is 4.66. The van der Waals surface area contributed by atoms with Gasteiger partial charge in [-0.2, -0.15) is 0 Å². The summed E-state index contributed by atoms with van der Waals surface area (Å²) in [4.78, 5) is 17.6. The Hall–Kier alpha value is -3.08. The zero-order valence-corrected chi connectivity index (χ0v) is 15.4. The van der Waals surface area contributed by atoms with Crippen LogP contribution >= 0.6 is 0 Å². The van der Waals surface area contributed by atoms with E-state index in [0.29, 0.717) is 11.4 Å². The third kappa shape index (κ3) is 3.87. The molecule has 27 heavy (non-hydrogen) atoms. The van der Waals surface area contributed by atoms with E-state index < -0.39 is 0 Å². The van der Waals surface area contributed by atoms with E-state index in [9.17, 15) is 4.79 Å². The van der Waals surface area contributed by atoms with Crippen LogP contribution in [0.4, 0.5) is 11.5 Å². The van der Waals surface area contributed by atoms with Crippen molar-refractivity contribution >= 4 is 28.3 Å². The number of carbonyl (C=O) groups is 1. The summed E-state index contributed by atoms with van der Waals surface area (Å²) < 4.78 is 5.19. The molecule has 1 aliphatic rings. The number of anilines is 2. The molecule has 0 bridgehead atoms. The third-order valence-corrected chi connectivity index (χ3v) is 5.01. The molecule has 0 atom stereocenters. The lowest BCUT2D eigenvalue weighted by atomic mass is 10.1. The van der Waals surface area contributed by atoms with Crippen molar-refractivity contribution in [3.05, 3.63) is 60.2 Å². The first-order valence-corrected chi connectivity index (χ1v) is 9.34. The van der Waals surface area contributed by atoms with Crippen molar-refractivity contribution in [3.63, 3.8) is 0 Å². The highest BCUT2D eigenvalue weighted by Crippen LogP contribution is 2.25. The number of rotatable bonds is 5. The van der Waals surface area contributed by atoms with Crippen LogP contribution in [0.25, 0.3) is 10.9 Å². The van der Waals surface area contributed by atoms with Gasteiger partial charge in [-0.1, -0.05) is 31.0 Å². The zero-order valence-electron chi connectivity index (χ0n) is 15.4. The SMILES string of the molecule is COc1ccc(Nc2cc(C(=O)NC3CCCC3)c3ccccc3n2)cc1. The minimum absolute atomic E-state index is 0.0294. The van der Waals surface area contributed by atoms with E-state index in [4.69, 9.17) is 4.74 Å². The highest BCUT2D eigenvalue weighted by molar-refractivity contribution is 6.07.